The van der Waals surface area contributed by atoms with Crippen LogP contribution in [0.15, 0.2) is 0 Å². The summed E-state index contributed by atoms with van der Waals surface area (Å²) in [4.78, 5) is 15.2. The molecule has 1 aromatic heterocycles. The Kier molecular flexibility index (Phi) is 7.37. The number of carbonyl (C=O) groups is 1. The molecule has 0 aliphatic carbocycles. The van der Waals surface area contributed by atoms with Crippen LogP contribution >= 0.6 is 23.2 Å². The molecule has 0 saturated carbocycles. The highest BCUT2D eigenvalue weighted by atomic mass is 35.5. The van der Waals surface area contributed by atoms with Gasteiger partial charge in [0.15, 0.2) is 9.52 Å². The van der Waals surface area contributed by atoms with Crippen molar-refractivity contribution in [1.29, 1.82) is 0 Å². The first-order valence-electron chi connectivity index (χ1n) is 8.12. The van der Waals surface area contributed by atoms with Crippen molar-refractivity contribution in [2.24, 2.45) is 17.8 Å². The molecule has 4 nitrogen and oxygen atoms in total. The van der Waals surface area contributed by atoms with Crippen LogP contribution in [-0.2, 0) is 0 Å². The lowest BCUT2D eigenvalue weighted by atomic mass is 9.76. The third kappa shape index (κ3) is 4.31. The number of nitrogens with zero attached hydrogens (tertiary/aromatic N) is 1. The molecule has 0 spiro atoms. The van der Waals surface area contributed by atoms with E-state index in [0.717, 1.165) is 0 Å². The summed E-state index contributed by atoms with van der Waals surface area (Å²) < 4.78 is 0. The Balaban J connectivity index is 3.38. The highest BCUT2D eigenvalue weighted by Crippen LogP contribution is 2.49. The van der Waals surface area contributed by atoms with Crippen LogP contribution in [0.2, 0.25) is 15.3 Å². The maximum Gasteiger partial charge on any atom is 0.341 e. The van der Waals surface area contributed by atoms with Gasteiger partial charge in [-0.15, -0.1) is 5.54 Å². The Bertz CT molecular complexity index is 700. The van der Waals surface area contributed by atoms with Crippen molar-refractivity contribution in [3.05, 3.63) is 21.4 Å². The normalized spacial score (nSPS) is 11.8. The van der Waals surface area contributed by atoms with Crippen molar-refractivity contribution in [2.45, 2.75) is 46.6 Å². The Morgan fingerprint density at radius 1 is 1.12 bits per heavy atom. The fourth-order valence-corrected chi connectivity index (χ4v) is 5.32. The van der Waals surface area contributed by atoms with Crippen molar-refractivity contribution in [3.63, 3.8) is 0 Å². The molecule has 1 rings (SSSR count). The largest absolute Gasteiger partial charge is 0.478 e. The topological polar surface area (TPSA) is 76.2 Å². The number of pyridine rings is 1. The number of carboxylic acid groups (broad SMARTS) is 1. The maximum atomic E-state index is 11.3. The van der Waals surface area contributed by atoms with E-state index >= 15 is 0 Å². The monoisotopic (exact) mass is 398 g/mol. The first-order chi connectivity index (χ1) is 11.5. The summed E-state index contributed by atoms with van der Waals surface area (Å²) in [6.07, 6.45) is 0. The Hall–Kier alpha value is -1.22. The Morgan fingerprint density at radius 3 is 2.00 bits per heavy atom. The Morgan fingerprint density at radius 2 is 1.60 bits per heavy atom. The quantitative estimate of drug-likeness (QED) is 0.423. The van der Waals surface area contributed by atoms with Crippen molar-refractivity contribution in [2.75, 3.05) is 5.73 Å². The summed E-state index contributed by atoms with van der Waals surface area (Å²) in [5, 5.41) is 9.09. The van der Waals surface area contributed by atoms with Gasteiger partial charge < -0.3 is 10.8 Å². The molecule has 0 aliphatic rings. The molecule has 0 unspecified atom stereocenters. The molecule has 1 heterocycles. The fraction of sp³-hybridized carbons (Fsp3) is 0.556. The molecule has 136 valence electrons. The zero-order chi connectivity index (χ0) is 19.5. The number of nitrogens with two attached hydrogens (primary N) is 1. The third-order valence-corrected chi connectivity index (χ3v) is 7.66. The average Bonchev–Trinajstić information content (AvgIpc) is 2.44. The van der Waals surface area contributed by atoms with Crippen molar-refractivity contribution in [1.82, 2.24) is 4.98 Å². The minimum absolute atomic E-state index is 0.0223. The van der Waals surface area contributed by atoms with Crippen LogP contribution < -0.4 is 5.73 Å². The van der Waals surface area contributed by atoms with Gasteiger partial charge in [-0.25, -0.2) is 9.78 Å². The molecule has 0 bridgehead atoms. The van der Waals surface area contributed by atoms with Gasteiger partial charge in [-0.05, 0) is 22.8 Å². The molecular weight excluding hydrogens is 375 g/mol. The first kappa shape index (κ1) is 21.8. The van der Waals surface area contributed by atoms with Crippen LogP contribution in [-0.4, -0.2) is 25.6 Å². The number of nitrogen functional groups attached to an aromatic ring is 1. The minimum atomic E-state index is -1.25. The van der Waals surface area contributed by atoms with Crippen LogP contribution in [0.5, 0.6) is 0 Å². The van der Waals surface area contributed by atoms with Crippen LogP contribution in [0.4, 0.5) is 5.69 Å². The van der Waals surface area contributed by atoms with E-state index in [2.05, 4.69) is 58.0 Å². The van der Waals surface area contributed by atoms with Gasteiger partial charge in [-0.3, -0.25) is 0 Å². The van der Waals surface area contributed by atoms with E-state index in [-0.39, 0.29) is 32.2 Å². The summed E-state index contributed by atoms with van der Waals surface area (Å²) in [5.41, 5.74) is 9.04. The standard InChI is InChI=1S/C18H24Cl2N2O2Si/c1-9(2)18(10(3)4,11(5)6)25-8-7-12-14(21)13(17(23)24)16(20)22-15(12)19/h9-11H,1-6H3,(H2,21,22)(H,23,24). The van der Waals surface area contributed by atoms with Gasteiger partial charge >= 0.3 is 5.97 Å². The first-order valence-corrected chi connectivity index (χ1v) is 9.88. The second kappa shape index (κ2) is 8.44. The highest BCUT2D eigenvalue weighted by Gasteiger charge is 2.40. The molecule has 2 radical (unpaired) electrons. The van der Waals surface area contributed by atoms with Gasteiger partial charge in [0.05, 0.1) is 11.3 Å². The Labute approximate surface area is 162 Å². The number of carboxylic acids is 1. The molecule has 3 N–H and O–H groups in total. The van der Waals surface area contributed by atoms with Crippen molar-refractivity contribution >= 4 is 44.4 Å². The summed E-state index contributed by atoms with van der Waals surface area (Å²) in [5.74, 6) is 3.04. The zero-order valence-electron chi connectivity index (χ0n) is 15.4. The van der Waals surface area contributed by atoms with Gasteiger partial charge in [-0.2, -0.15) is 0 Å². The summed E-state index contributed by atoms with van der Waals surface area (Å²) >= 11 is 11.9. The minimum Gasteiger partial charge on any atom is -0.478 e. The van der Waals surface area contributed by atoms with Crippen LogP contribution in [0.25, 0.3) is 0 Å². The third-order valence-electron chi connectivity index (χ3n) is 4.69. The van der Waals surface area contributed by atoms with E-state index in [1.807, 2.05) is 0 Å². The van der Waals surface area contributed by atoms with E-state index in [9.17, 15) is 9.90 Å². The van der Waals surface area contributed by atoms with Gasteiger partial charge in [0.1, 0.15) is 15.9 Å². The highest BCUT2D eigenvalue weighted by molar-refractivity contribution is 6.50. The molecule has 1 aromatic rings. The second-order valence-corrected chi connectivity index (χ2v) is 9.02. The van der Waals surface area contributed by atoms with Crippen LogP contribution in [0.1, 0.15) is 57.5 Å². The van der Waals surface area contributed by atoms with Gasteiger partial charge in [0, 0.05) is 0 Å². The number of aromatic carboxylic acids is 1. The molecule has 0 aliphatic heterocycles. The molecule has 0 amide bonds. The van der Waals surface area contributed by atoms with Gasteiger partial charge in [0.25, 0.3) is 0 Å². The number of hydrogen-bond donors (Lipinski definition) is 2. The van der Waals surface area contributed by atoms with Crippen molar-refractivity contribution in [3.8, 4) is 11.5 Å². The van der Waals surface area contributed by atoms with E-state index < -0.39 is 5.97 Å². The second-order valence-electron chi connectivity index (χ2n) is 6.93. The van der Waals surface area contributed by atoms with Gasteiger partial charge in [-0.1, -0.05) is 70.7 Å². The molecule has 0 atom stereocenters. The van der Waals surface area contributed by atoms with Crippen LogP contribution in [0.3, 0.4) is 0 Å². The molecule has 0 fully saturated rings. The number of halogens is 2. The molecule has 25 heavy (non-hydrogen) atoms. The number of anilines is 1. The SMILES string of the molecule is CC(C)C([Si]C#Cc1c(Cl)nc(Cl)c(C(=O)O)c1N)(C(C)C)C(C)C. The smallest absolute Gasteiger partial charge is 0.341 e. The van der Waals surface area contributed by atoms with Crippen molar-refractivity contribution < 1.29 is 9.90 Å². The molecule has 0 aromatic carbocycles. The molecule has 0 saturated heterocycles. The zero-order valence-corrected chi connectivity index (χ0v) is 17.9. The fourth-order valence-electron chi connectivity index (χ4n) is 3.50. The van der Waals surface area contributed by atoms with E-state index in [4.69, 9.17) is 28.9 Å². The average molecular weight is 399 g/mol. The predicted octanol–water partition coefficient (Wildman–Crippen LogP) is 4.81. The predicted molar refractivity (Wildman–Crippen MR) is 105 cm³/mol. The summed E-state index contributed by atoms with van der Waals surface area (Å²) in [6, 6.07) is 0. The van der Waals surface area contributed by atoms with Crippen LogP contribution in [0, 0.1) is 29.2 Å². The van der Waals surface area contributed by atoms with E-state index in [0.29, 0.717) is 27.3 Å². The lowest BCUT2D eigenvalue weighted by Gasteiger charge is -2.43. The summed E-state index contributed by atoms with van der Waals surface area (Å²) in [7, 11) is 0.358. The number of hydrogen-bond acceptors (Lipinski definition) is 3. The molecule has 7 heteroatoms. The lowest BCUT2D eigenvalue weighted by molar-refractivity contribution is 0.0698. The molecular formula is C18H24Cl2N2O2Si. The number of rotatable bonds is 5. The summed E-state index contributed by atoms with van der Waals surface area (Å²) in [6.45, 7) is 13.3. The lowest BCUT2D eigenvalue weighted by Crippen LogP contribution is -2.36. The van der Waals surface area contributed by atoms with Gasteiger partial charge in [0.2, 0.25) is 0 Å². The van der Waals surface area contributed by atoms with E-state index in [1.165, 1.54) is 0 Å². The maximum absolute atomic E-state index is 11.3. The van der Waals surface area contributed by atoms with E-state index in [1.54, 1.807) is 0 Å². The number of aromatic nitrogens is 1.